The number of aliphatic hydroxyl groups is 1. The van der Waals surface area contributed by atoms with Crippen molar-refractivity contribution in [1.82, 2.24) is 9.55 Å². The molecule has 1 rings (SSSR count). The normalized spacial score (nSPS) is 11.5. The van der Waals surface area contributed by atoms with E-state index in [1.165, 1.54) is 11.8 Å². The number of nitrogen functional groups attached to an aromatic ring is 1. The molecule has 0 aliphatic carbocycles. The van der Waals surface area contributed by atoms with E-state index in [2.05, 4.69) is 9.98 Å². The van der Waals surface area contributed by atoms with Crippen LogP contribution in [0, 0.1) is 18.4 Å². The molecule has 0 amide bonds. The third-order valence-electron chi connectivity index (χ3n) is 2.07. The lowest BCUT2D eigenvalue weighted by Crippen LogP contribution is -2.09. The molecule has 0 fully saturated rings. The number of anilines is 1. The van der Waals surface area contributed by atoms with Crippen LogP contribution in [-0.4, -0.2) is 32.6 Å². The Morgan fingerprint density at radius 2 is 2.44 bits per heavy atom. The maximum atomic E-state index is 8.89. The van der Waals surface area contributed by atoms with Gasteiger partial charge < -0.3 is 15.4 Å². The van der Waals surface area contributed by atoms with Crippen LogP contribution in [0.2, 0.25) is 0 Å². The van der Waals surface area contributed by atoms with E-state index < -0.39 is 0 Å². The van der Waals surface area contributed by atoms with E-state index >= 15 is 0 Å². The maximum Gasteiger partial charge on any atom is 0.206 e. The predicted molar refractivity (Wildman–Crippen MR) is 64.1 cm³/mol. The monoisotopic (exact) mass is 239 g/mol. The number of aliphatic hydroxyl groups excluding tert-OH is 1. The Morgan fingerprint density at radius 1 is 1.75 bits per heavy atom. The number of aryl methyl sites for hydroxylation is 1. The van der Waals surface area contributed by atoms with Crippen LogP contribution in [-0.2, 0) is 6.54 Å². The Balaban J connectivity index is 3.21. The van der Waals surface area contributed by atoms with Gasteiger partial charge in [0.05, 0.1) is 6.61 Å². The molecule has 1 aromatic heterocycles. The highest BCUT2D eigenvalue weighted by molar-refractivity contribution is 8.13. The molecule has 0 aromatic carbocycles. The fraction of sp³-hybridized carbons (Fsp3) is 0.444. The van der Waals surface area contributed by atoms with Crippen molar-refractivity contribution in [3.05, 3.63) is 11.5 Å². The summed E-state index contributed by atoms with van der Waals surface area (Å²) in [5.74, 6) is 1.12. The van der Waals surface area contributed by atoms with Gasteiger partial charge in [-0.05, 0) is 13.2 Å². The third-order valence-corrected chi connectivity index (χ3v) is 2.74. The van der Waals surface area contributed by atoms with E-state index in [4.69, 9.17) is 16.1 Å². The van der Waals surface area contributed by atoms with Crippen molar-refractivity contribution in [1.29, 1.82) is 5.26 Å². The van der Waals surface area contributed by atoms with E-state index in [0.29, 0.717) is 28.9 Å². The second kappa shape index (κ2) is 5.53. The molecule has 3 N–H and O–H groups in total. The Labute approximate surface area is 97.8 Å². The fourth-order valence-electron chi connectivity index (χ4n) is 1.36. The van der Waals surface area contributed by atoms with Crippen LogP contribution in [0.25, 0.3) is 0 Å². The SMILES string of the molecule is CSC(=NC#N)c1nc(C)n(CCO)c1N. The number of hydrogen-bond donors (Lipinski definition) is 2. The predicted octanol–water partition coefficient (Wildman–Crippen LogP) is 0.357. The van der Waals surface area contributed by atoms with Crippen molar-refractivity contribution in [2.45, 2.75) is 13.5 Å². The largest absolute Gasteiger partial charge is 0.395 e. The quantitative estimate of drug-likeness (QED) is 0.450. The molecule has 6 nitrogen and oxygen atoms in total. The van der Waals surface area contributed by atoms with E-state index in [-0.39, 0.29) is 6.61 Å². The molecule has 0 spiro atoms. The number of nitrogens with zero attached hydrogens (tertiary/aromatic N) is 4. The number of rotatable bonds is 3. The van der Waals surface area contributed by atoms with Gasteiger partial charge in [0, 0.05) is 6.54 Å². The Bertz CT molecular complexity index is 445. The second-order valence-corrected chi connectivity index (χ2v) is 3.78. The molecule has 0 unspecified atom stereocenters. The van der Waals surface area contributed by atoms with Crippen molar-refractivity contribution in [3.8, 4) is 6.19 Å². The average molecular weight is 239 g/mol. The average Bonchev–Trinajstić information content (AvgIpc) is 2.54. The summed E-state index contributed by atoms with van der Waals surface area (Å²) in [5.41, 5.74) is 6.38. The highest BCUT2D eigenvalue weighted by Gasteiger charge is 2.16. The first-order valence-corrected chi connectivity index (χ1v) is 5.82. The minimum atomic E-state index is -0.00909. The standard InChI is InChI=1S/C9H13N5OS/c1-6-13-7(9(16-2)12-5-10)8(11)14(6)3-4-15/h15H,3-4,11H2,1-2H3. The summed E-state index contributed by atoms with van der Waals surface area (Å²) in [5, 5.41) is 17.9. The molecular weight excluding hydrogens is 226 g/mol. The molecule has 1 aromatic rings. The van der Waals surface area contributed by atoms with E-state index in [1.54, 1.807) is 23.9 Å². The van der Waals surface area contributed by atoms with Crippen LogP contribution in [0.3, 0.4) is 0 Å². The molecule has 0 atom stereocenters. The van der Waals surface area contributed by atoms with Crippen LogP contribution < -0.4 is 5.73 Å². The maximum absolute atomic E-state index is 8.89. The number of imidazole rings is 1. The second-order valence-electron chi connectivity index (χ2n) is 2.99. The lowest BCUT2D eigenvalue weighted by atomic mass is 10.4. The zero-order valence-electron chi connectivity index (χ0n) is 9.14. The van der Waals surface area contributed by atoms with Gasteiger partial charge in [-0.2, -0.15) is 10.3 Å². The summed E-state index contributed by atoms with van der Waals surface area (Å²) >= 11 is 1.31. The molecule has 0 aliphatic rings. The Hall–Kier alpha value is -1.52. The van der Waals surface area contributed by atoms with Crippen LogP contribution in [0.15, 0.2) is 4.99 Å². The van der Waals surface area contributed by atoms with Gasteiger partial charge in [0.25, 0.3) is 0 Å². The van der Waals surface area contributed by atoms with Crippen molar-refractivity contribution >= 4 is 22.6 Å². The summed E-state index contributed by atoms with van der Waals surface area (Å²) in [4.78, 5) is 7.90. The van der Waals surface area contributed by atoms with E-state index in [1.807, 2.05) is 0 Å². The number of nitrogens with two attached hydrogens (primary N) is 1. The first kappa shape index (κ1) is 12.5. The van der Waals surface area contributed by atoms with Crippen LogP contribution in [0.5, 0.6) is 0 Å². The van der Waals surface area contributed by atoms with Gasteiger partial charge in [0.1, 0.15) is 22.4 Å². The fourth-order valence-corrected chi connectivity index (χ4v) is 1.84. The van der Waals surface area contributed by atoms with Crippen LogP contribution >= 0.6 is 11.8 Å². The first-order chi connectivity index (χ1) is 7.65. The number of aliphatic imine (C=N–C) groups is 1. The lowest BCUT2D eigenvalue weighted by molar-refractivity contribution is 0.275. The van der Waals surface area contributed by atoms with Gasteiger partial charge in [-0.3, -0.25) is 0 Å². The molecule has 0 radical (unpaired) electrons. The molecule has 0 saturated heterocycles. The minimum absolute atomic E-state index is 0.00909. The summed E-state index contributed by atoms with van der Waals surface area (Å²) in [6.45, 7) is 2.17. The summed E-state index contributed by atoms with van der Waals surface area (Å²) in [6, 6.07) is 0. The zero-order chi connectivity index (χ0) is 12.1. The molecule has 86 valence electrons. The third kappa shape index (κ3) is 2.35. The van der Waals surface area contributed by atoms with Gasteiger partial charge in [-0.15, -0.1) is 11.8 Å². The van der Waals surface area contributed by atoms with Gasteiger partial charge in [0.15, 0.2) is 0 Å². The highest BCUT2D eigenvalue weighted by Crippen LogP contribution is 2.19. The Kier molecular flexibility index (Phi) is 4.34. The molecule has 7 heteroatoms. The summed E-state index contributed by atoms with van der Waals surface area (Å²) in [6.07, 6.45) is 3.52. The Morgan fingerprint density at radius 3 is 2.94 bits per heavy atom. The number of thioether (sulfide) groups is 1. The van der Waals surface area contributed by atoms with Gasteiger partial charge >= 0.3 is 0 Å². The van der Waals surface area contributed by atoms with Crippen LogP contribution in [0.4, 0.5) is 5.82 Å². The molecule has 1 heterocycles. The van der Waals surface area contributed by atoms with Crippen molar-refractivity contribution in [2.24, 2.45) is 4.99 Å². The van der Waals surface area contributed by atoms with Crippen molar-refractivity contribution in [2.75, 3.05) is 18.6 Å². The van der Waals surface area contributed by atoms with Crippen molar-refractivity contribution < 1.29 is 5.11 Å². The number of nitriles is 1. The number of hydrogen-bond acceptors (Lipinski definition) is 6. The van der Waals surface area contributed by atoms with Crippen LogP contribution in [0.1, 0.15) is 11.5 Å². The lowest BCUT2D eigenvalue weighted by Gasteiger charge is -2.04. The van der Waals surface area contributed by atoms with E-state index in [0.717, 1.165) is 0 Å². The molecular formula is C9H13N5OS. The zero-order valence-corrected chi connectivity index (χ0v) is 9.95. The van der Waals surface area contributed by atoms with E-state index in [9.17, 15) is 0 Å². The minimum Gasteiger partial charge on any atom is -0.395 e. The first-order valence-electron chi connectivity index (χ1n) is 4.60. The molecule has 0 saturated carbocycles. The molecule has 0 bridgehead atoms. The summed E-state index contributed by atoms with van der Waals surface area (Å²) < 4.78 is 1.69. The van der Waals surface area contributed by atoms with Crippen molar-refractivity contribution in [3.63, 3.8) is 0 Å². The smallest absolute Gasteiger partial charge is 0.206 e. The van der Waals surface area contributed by atoms with Gasteiger partial charge in [0.2, 0.25) is 6.19 Å². The molecule has 0 aliphatic heterocycles. The van der Waals surface area contributed by atoms with Gasteiger partial charge in [-0.25, -0.2) is 4.98 Å². The topological polar surface area (TPSA) is 100 Å². The highest BCUT2D eigenvalue weighted by atomic mass is 32.2. The summed E-state index contributed by atoms with van der Waals surface area (Å²) in [7, 11) is 0. The van der Waals surface area contributed by atoms with Gasteiger partial charge in [-0.1, -0.05) is 0 Å². The number of aromatic nitrogens is 2. The molecule has 16 heavy (non-hydrogen) atoms.